The first kappa shape index (κ1) is 29.5. The summed E-state index contributed by atoms with van der Waals surface area (Å²) >= 11 is 0. The molecule has 2 atom stereocenters. The molecular formula is C27H32F3N5O4S. The first-order chi connectivity index (χ1) is 18.8. The molecule has 1 fully saturated rings. The molecule has 1 aliphatic heterocycles. The number of amides is 1. The predicted octanol–water partition coefficient (Wildman–Crippen LogP) is 5.61. The lowest BCUT2D eigenvalue weighted by Gasteiger charge is -2.34. The summed E-state index contributed by atoms with van der Waals surface area (Å²) in [5, 5.41) is 3.20. The van der Waals surface area contributed by atoms with Gasteiger partial charge in [0.05, 0.1) is 30.6 Å². The smallest absolute Gasteiger partial charge is 0.413 e. The zero-order valence-electron chi connectivity index (χ0n) is 22.6. The van der Waals surface area contributed by atoms with Gasteiger partial charge in [0.25, 0.3) is 0 Å². The first-order valence-electron chi connectivity index (χ1n) is 12.7. The Kier molecular flexibility index (Phi) is 8.55. The van der Waals surface area contributed by atoms with Crippen molar-refractivity contribution in [3.63, 3.8) is 0 Å². The average molecular weight is 580 g/mol. The molecule has 216 valence electrons. The predicted molar refractivity (Wildman–Crippen MR) is 146 cm³/mol. The fourth-order valence-corrected chi connectivity index (χ4v) is 6.46. The minimum atomic E-state index is -4.72. The van der Waals surface area contributed by atoms with Crippen molar-refractivity contribution in [3.8, 4) is 5.88 Å². The van der Waals surface area contributed by atoms with Crippen molar-refractivity contribution in [2.75, 3.05) is 38.1 Å². The highest BCUT2D eigenvalue weighted by Crippen LogP contribution is 2.39. The van der Waals surface area contributed by atoms with Crippen LogP contribution < -0.4 is 10.1 Å². The quantitative estimate of drug-likeness (QED) is 0.356. The second-order valence-electron chi connectivity index (χ2n) is 9.82. The van der Waals surface area contributed by atoms with E-state index in [0.29, 0.717) is 33.9 Å². The topological polar surface area (TPSA) is 118 Å². The van der Waals surface area contributed by atoms with Gasteiger partial charge >= 0.3 is 6.18 Å². The standard InChI is InChI=1S/C27H32F3N5O4S/c1-16(38-3)23-21(15-32-20-9-10-22(39-4)34-24(20)23)33-19-7-5-17(6-8-19)25(27(28,29)30)35(2)26(36)18-11-13-40(31,37)14-12-18/h5-10,15-16,18,25,31,33H,11-14H2,1-4H3/t16-,18?,25+,40?/m1/s1. The van der Waals surface area contributed by atoms with Gasteiger partial charge in [0.15, 0.2) is 6.04 Å². The number of carbonyl (C=O) groups excluding carboxylic acids is 1. The molecule has 4 rings (SSSR count). The second kappa shape index (κ2) is 11.6. The van der Waals surface area contributed by atoms with E-state index in [0.717, 1.165) is 11.9 Å². The molecule has 0 unspecified atom stereocenters. The van der Waals surface area contributed by atoms with E-state index >= 15 is 0 Å². The summed E-state index contributed by atoms with van der Waals surface area (Å²) in [5.41, 5.74) is 2.88. The highest BCUT2D eigenvalue weighted by Gasteiger charge is 2.46. The Bertz CT molecular complexity index is 1470. The fourth-order valence-electron chi connectivity index (χ4n) is 4.92. The van der Waals surface area contributed by atoms with E-state index in [2.05, 4.69) is 15.3 Å². The van der Waals surface area contributed by atoms with Crippen molar-refractivity contribution in [2.45, 2.75) is 38.1 Å². The van der Waals surface area contributed by atoms with Crippen LogP contribution in [0.3, 0.4) is 0 Å². The number of benzene rings is 1. The van der Waals surface area contributed by atoms with Crippen LogP contribution in [0.25, 0.3) is 11.0 Å². The molecule has 3 heterocycles. The molecule has 0 spiro atoms. The zero-order chi connectivity index (χ0) is 29.2. The Hall–Kier alpha value is -3.45. The number of hydrogen-bond donors (Lipinski definition) is 2. The van der Waals surface area contributed by atoms with Crippen molar-refractivity contribution < 1.29 is 31.6 Å². The molecule has 1 saturated heterocycles. The van der Waals surface area contributed by atoms with E-state index in [4.69, 9.17) is 14.3 Å². The van der Waals surface area contributed by atoms with Crippen LogP contribution in [-0.4, -0.2) is 63.9 Å². The van der Waals surface area contributed by atoms with Crippen LogP contribution in [0.2, 0.25) is 0 Å². The Morgan fingerprint density at radius 1 is 1.15 bits per heavy atom. The monoisotopic (exact) mass is 579 g/mol. The molecule has 2 N–H and O–H groups in total. The van der Waals surface area contributed by atoms with Gasteiger partial charge in [-0.3, -0.25) is 14.6 Å². The summed E-state index contributed by atoms with van der Waals surface area (Å²) in [6.45, 7) is 1.85. The Labute approximate surface area is 231 Å². The largest absolute Gasteiger partial charge is 0.481 e. The first-order valence-corrected chi connectivity index (χ1v) is 14.5. The number of fused-ring (bicyclic) bond motifs is 1. The van der Waals surface area contributed by atoms with E-state index in [1.165, 1.54) is 31.4 Å². The number of methoxy groups -OCH3 is 2. The normalized spacial score (nSPS) is 21.0. The Morgan fingerprint density at radius 2 is 1.80 bits per heavy atom. The molecule has 0 saturated carbocycles. The average Bonchev–Trinajstić information content (AvgIpc) is 2.92. The third-order valence-electron chi connectivity index (χ3n) is 7.19. The molecule has 2 aromatic heterocycles. The molecule has 0 bridgehead atoms. The zero-order valence-corrected chi connectivity index (χ0v) is 23.4. The summed E-state index contributed by atoms with van der Waals surface area (Å²) < 4.78 is 73.1. The number of pyridine rings is 2. The van der Waals surface area contributed by atoms with Gasteiger partial charge in [-0.2, -0.15) is 13.2 Å². The van der Waals surface area contributed by atoms with Gasteiger partial charge in [0.2, 0.25) is 11.8 Å². The van der Waals surface area contributed by atoms with Crippen molar-refractivity contribution in [2.24, 2.45) is 5.92 Å². The lowest BCUT2D eigenvalue weighted by Crippen LogP contribution is -2.44. The number of carbonyl (C=O) groups is 1. The van der Waals surface area contributed by atoms with Crippen LogP contribution in [0.15, 0.2) is 42.6 Å². The molecular weight excluding hydrogens is 547 g/mol. The van der Waals surface area contributed by atoms with E-state index in [-0.39, 0.29) is 36.0 Å². The van der Waals surface area contributed by atoms with Gasteiger partial charge in [-0.05, 0) is 43.5 Å². The molecule has 13 heteroatoms. The highest BCUT2D eigenvalue weighted by molar-refractivity contribution is 7.92. The van der Waals surface area contributed by atoms with Gasteiger partial charge in [-0.1, -0.05) is 12.1 Å². The highest BCUT2D eigenvalue weighted by atomic mass is 32.2. The number of aromatic nitrogens is 2. The number of ether oxygens (including phenoxy) is 2. The molecule has 1 aliphatic rings. The number of nitrogens with one attached hydrogen (secondary N) is 2. The van der Waals surface area contributed by atoms with Gasteiger partial charge in [-0.25, -0.2) is 9.19 Å². The number of alkyl halides is 3. The maximum Gasteiger partial charge on any atom is 0.413 e. The molecule has 0 aliphatic carbocycles. The van der Waals surface area contributed by atoms with E-state index in [9.17, 15) is 22.2 Å². The van der Waals surface area contributed by atoms with Crippen LogP contribution in [0.4, 0.5) is 24.5 Å². The third-order valence-corrected chi connectivity index (χ3v) is 8.98. The number of rotatable bonds is 8. The minimum Gasteiger partial charge on any atom is -0.481 e. The maximum atomic E-state index is 14.2. The van der Waals surface area contributed by atoms with Crippen LogP contribution in [0, 0.1) is 10.7 Å². The van der Waals surface area contributed by atoms with Crippen LogP contribution >= 0.6 is 0 Å². The number of halogens is 3. The van der Waals surface area contributed by atoms with E-state index in [1.807, 2.05) is 6.92 Å². The van der Waals surface area contributed by atoms with Crippen molar-refractivity contribution in [1.29, 1.82) is 4.78 Å². The molecule has 0 radical (unpaired) electrons. The lowest BCUT2D eigenvalue weighted by atomic mass is 9.98. The van der Waals surface area contributed by atoms with Crippen molar-refractivity contribution >= 4 is 38.0 Å². The van der Waals surface area contributed by atoms with E-state index < -0.39 is 33.8 Å². The Morgan fingerprint density at radius 3 is 2.38 bits per heavy atom. The SMILES string of the molecule is COc1ccc2ncc(Nc3ccc([C@H](N(C)C(=O)C4CCS(=N)(=O)CC4)C(F)(F)F)cc3)c([C@@H](C)OC)c2n1. The molecule has 1 amide bonds. The third kappa shape index (κ3) is 6.30. The van der Waals surface area contributed by atoms with Crippen LogP contribution in [0.1, 0.15) is 43.0 Å². The number of anilines is 2. The number of hydrogen-bond acceptors (Lipinski definition) is 8. The van der Waals surface area contributed by atoms with Crippen LogP contribution in [-0.2, 0) is 19.3 Å². The van der Waals surface area contributed by atoms with Gasteiger partial charge in [0.1, 0.15) is 5.52 Å². The lowest BCUT2D eigenvalue weighted by molar-refractivity contribution is -0.190. The summed E-state index contributed by atoms with van der Waals surface area (Å²) in [6, 6.07) is 6.99. The summed E-state index contributed by atoms with van der Waals surface area (Å²) in [6.07, 6.45) is -3.21. The molecule has 40 heavy (non-hydrogen) atoms. The summed E-state index contributed by atoms with van der Waals surface area (Å²) in [4.78, 5) is 22.7. The van der Waals surface area contributed by atoms with Crippen LogP contribution in [0.5, 0.6) is 5.88 Å². The van der Waals surface area contributed by atoms with Gasteiger partial charge < -0.3 is 19.7 Å². The minimum absolute atomic E-state index is 0.0178. The second-order valence-corrected chi connectivity index (χ2v) is 12.3. The molecule has 1 aromatic carbocycles. The maximum absolute atomic E-state index is 14.2. The van der Waals surface area contributed by atoms with Gasteiger partial charge in [-0.15, -0.1) is 0 Å². The van der Waals surface area contributed by atoms with Gasteiger partial charge in [0, 0.05) is 58.6 Å². The molecule has 3 aromatic rings. The van der Waals surface area contributed by atoms with E-state index in [1.54, 1.807) is 25.4 Å². The molecule has 9 nitrogen and oxygen atoms in total. The summed E-state index contributed by atoms with van der Waals surface area (Å²) in [5.74, 6) is -0.917. The Balaban J connectivity index is 1.61. The summed E-state index contributed by atoms with van der Waals surface area (Å²) in [7, 11) is 1.45. The van der Waals surface area contributed by atoms with Crippen molar-refractivity contribution in [1.82, 2.24) is 14.9 Å². The number of nitrogens with zero attached hydrogens (tertiary/aromatic N) is 3. The van der Waals surface area contributed by atoms with Crippen molar-refractivity contribution in [3.05, 3.63) is 53.7 Å². The fraction of sp³-hybridized carbons (Fsp3) is 0.444.